The maximum absolute atomic E-state index is 12.1. The molecule has 1 aromatic heterocycles. The molecule has 126 valence electrons. The van der Waals surface area contributed by atoms with E-state index in [1.54, 1.807) is 13.0 Å². The smallest absolute Gasteiger partial charge is 0.224 e. The summed E-state index contributed by atoms with van der Waals surface area (Å²) in [4.78, 5) is 15.4. The molecular weight excluding hydrogens is 349 g/mol. The Morgan fingerprint density at radius 2 is 2.25 bits per heavy atom. The van der Waals surface area contributed by atoms with E-state index in [2.05, 4.69) is 16.4 Å². The van der Waals surface area contributed by atoms with Gasteiger partial charge < -0.3 is 15.4 Å². The summed E-state index contributed by atoms with van der Waals surface area (Å²) in [6, 6.07) is 3.82. The lowest BCUT2D eigenvalue weighted by Crippen LogP contribution is -2.27. The van der Waals surface area contributed by atoms with Gasteiger partial charge in [0, 0.05) is 23.5 Å². The first kappa shape index (κ1) is 17.1. The van der Waals surface area contributed by atoms with E-state index in [4.69, 9.17) is 28.5 Å². The van der Waals surface area contributed by atoms with Crippen LogP contribution >= 0.6 is 23.2 Å². The average molecular weight is 366 g/mol. The number of carbonyl (C=O) groups is 1. The van der Waals surface area contributed by atoms with Crippen molar-refractivity contribution in [3.05, 3.63) is 32.9 Å². The fourth-order valence-electron chi connectivity index (χ4n) is 3.42. The number of halogens is 2. The number of H-pyrrole nitrogens is 1. The molecule has 0 saturated carbocycles. The van der Waals surface area contributed by atoms with Gasteiger partial charge in [-0.1, -0.05) is 23.2 Å². The molecule has 3 N–H and O–H groups in total. The molecule has 1 aliphatic rings. The lowest BCUT2D eigenvalue weighted by molar-refractivity contribution is -0.120. The monoisotopic (exact) mass is 365 g/mol. The van der Waals surface area contributed by atoms with Crippen molar-refractivity contribution in [3.8, 4) is 6.07 Å². The molecule has 7 heteroatoms. The van der Waals surface area contributed by atoms with Crippen LogP contribution in [0.15, 0.2) is 6.07 Å². The van der Waals surface area contributed by atoms with Gasteiger partial charge in [0.2, 0.25) is 5.91 Å². The molecule has 2 atom stereocenters. The second-order valence-corrected chi connectivity index (χ2v) is 6.98. The SMILES string of the molecule is CC(O)CC1CNC(=O)Cc2c1[nH]c1c(Cl)c(Cl)cc(CC#N)c21. The molecule has 0 bridgehead atoms. The first-order valence-electron chi connectivity index (χ1n) is 7.75. The van der Waals surface area contributed by atoms with E-state index in [0.717, 1.165) is 22.2 Å². The largest absolute Gasteiger partial charge is 0.393 e. The minimum atomic E-state index is -0.498. The highest BCUT2D eigenvalue weighted by Crippen LogP contribution is 2.40. The molecular formula is C17H17Cl2N3O2. The lowest BCUT2D eigenvalue weighted by atomic mass is 9.93. The molecule has 24 heavy (non-hydrogen) atoms. The van der Waals surface area contributed by atoms with E-state index in [0.29, 0.717) is 28.5 Å². The Hall–Kier alpha value is -1.74. The van der Waals surface area contributed by atoms with E-state index in [-0.39, 0.29) is 24.7 Å². The number of hydrogen-bond donors (Lipinski definition) is 3. The summed E-state index contributed by atoms with van der Waals surface area (Å²) in [6.45, 7) is 2.17. The van der Waals surface area contributed by atoms with E-state index < -0.39 is 6.10 Å². The second kappa shape index (κ2) is 6.64. The third-order valence-corrected chi connectivity index (χ3v) is 5.16. The van der Waals surface area contributed by atoms with Crippen molar-refractivity contribution in [2.45, 2.75) is 38.2 Å². The number of aromatic nitrogens is 1. The van der Waals surface area contributed by atoms with E-state index in [1.807, 2.05) is 0 Å². The molecule has 0 saturated heterocycles. The van der Waals surface area contributed by atoms with Crippen LogP contribution in [0.25, 0.3) is 10.9 Å². The van der Waals surface area contributed by atoms with Gasteiger partial charge in [-0.25, -0.2) is 0 Å². The molecule has 0 aliphatic carbocycles. The average Bonchev–Trinajstić information content (AvgIpc) is 2.81. The Bertz CT molecular complexity index is 852. The fraction of sp³-hybridized carbons (Fsp3) is 0.412. The van der Waals surface area contributed by atoms with Gasteiger partial charge in [0.25, 0.3) is 0 Å². The van der Waals surface area contributed by atoms with E-state index in [9.17, 15) is 9.90 Å². The van der Waals surface area contributed by atoms with Gasteiger partial charge in [-0.15, -0.1) is 0 Å². The second-order valence-electron chi connectivity index (χ2n) is 6.20. The summed E-state index contributed by atoms with van der Waals surface area (Å²) >= 11 is 12.5. The number of aromatic amines is 1. The highest BCUT2D eigenvalue weighted by Gasteiger charge is 2.29. The van der Waals surface area contributed by atoms with Crippen LogP contribution in [-0.4, -0.2) is 28.6 Å². The summed E-state index contributed by atoms with van der Waals surface area (Å²) in [7, 11) is 0. The van der Waals surface area contributed by atoms with Crippen molar-refractivity contribution < 1.29 is 9.90 Å². The fourth-order valence-corrected chi connectivity index (χ4v) is 3.84. The number of aliphatic hydroxyl groups excluding tert-OH is 1. The quantitative estimate of drug-likeness (QED) is 0.780. The van der Waals surface area contributed by atoms with Crippen LogP contribution in [0, 0.1) is 11.3 Å². The number of aliphatic hydroxyl groups is 1. The number of carbonyl (C=O) groups excluding carboxylic acids is 1. The maximum atomic E-state index is 12.1. The third kappa shape index (κ3) is 2.98. The molecule has 0 spiro atoms. The van der Waals surface area contributed by atoms with E-state index >= 15 is 0 Å². The molecule has 2 unspecified atom stereocenters. The lowest BCUT2D eigenvalue weighted by Gasteiger charge is -2.16. The number of nitriles is 1. The Labute approximate surface area is 149 Å². The number of nitrogens with zero attached hydrogens (tertiary/aromatic N) is 1. The van der Waals surface area contributed by atoms with E-state index in [1.165, 1.54) is 0 Å². The van der Waals surface area contributed by atoms with Crippen molar-refractivity contribution >= 4 is 40.0 Å². The number of rotatable bonds is 3. The van der Waals surface area contributed by atoms with Crippen LogP contribution in [0.2, 0.25) is 10.0 Å². The van der Waals surface area contributed by atoms with Crippen LogP contribution in [0.3, 0.4) is 0 Å². The van der Waals surface area contributed by atoms with Crippen molar-refractivity contribution in [2.24, 2.45) is 0 Å². The zero-order valence-electron chi connectivity index (χ0n) is 13.1. The van der Waals surface area contributed by atoms with Gasteiger partial charge >= 0.3 is 0 Å². The first-order chi connectivity index (χ1) is 11.4. The van der Waals surface area contributed by atoms with Crippen molar-refractivity contribution in [3.63, 3.8) is 0 Å². The van der Waals surface area contributed by atoms with Gasteiger partial charge in [-0.2, -0.15) is 5.26 Å². The number of benzene rings is 1. The maximum Gasteiger partial charge on any atom is 0.224 e. The van der Waals surface area contributed by atoms with Crippen LogP contribution in [0.4, 0.5) is 0 Å². The topological polar surface area (TPSA) is 88.9 Å². The van der Waals surface area contributed by atoms with Gasteiger partial charge in [-0.05, 0) is 30.5 Å². The van der Waals surface area contributed by atoms with Gasteiger partial charge in [0.05, 0.1) is 40.6 Å². The number of hydrogen-bond acceptors (Lipinski definition) is 3. The Balaban J connectivity index is 2.29. The molecule has 1 aliphatic heterocycles. The number of fused-ring (bicyclic) bond motifs is 3. The van der Waals surface area contributed by atoms with Crippen molar-refractivity contribution in [1.82, 2.24) is 10.3 Å². The predicted molar refractivity (Wildman–Crippen MR) is 93.4 cm³/mol. The van der Waals surface area contributed by atoms with Crippen molar-refractivity contribution in [2.75, 3.05) is 6.54 Å². The first-order valence-corrected chi connectivity index (χ1v) is 8.51. The number of nitrogens with one attached hydrogen (secondary N) is 2. The standard InChI is InChI=1S/C17H17Cl2N3O2/c1-8(23)4-10-7-21-13(24)6-11-14-9(2-3-20)5-12(18)15(19)17(14)22-16(10)11/h5,8,10,22-23H,2,4,6-7H2,1H3,(H,21,24). The van der Waals surface area contributed by atoms with Crippen LogP contribution in [0.1, 0.15) is 36.1 Å². The summed E-state index contributed by atoms with van der Waals surface area (Å²) < 4.78 is 0. The summed E-state index contributed by atoms with van der Waals surface area (Å²) in [6.07, 6.45) is 0.406. The highest BCUT2D eigenvalue weighted by molar-refractivity contribution is 6.45. The van der Waals surface area contributed by atoms with Crippen LogP contribution in [-0.2, 0) is 17.6 Å². The van der Waals surface area contributed by atoms with Crippen molar-refractivity contribution in [1.29, 1.82) is 5.26 Å². The molecule has 2 aromatic rings. The Morgan fingerprint density at radius 1 is 1.50 bits per heavy atom. The molecule has 5 nitrogen and oxygen atoms in total. The molecule has 0 fully saturated rings. The zero-order valence-corrected chi connectivity index (χ0v) is 14.6. The zero-order chi connectivity index (χ0) is 17.4. The molecule has 3 rings (SSSR count). The normalized spacial score (nSPS) is 18.6. The molecule has 1 aromatic carbocycles. The number of amides is 1. The predicted octanol–water partition coefficient (Wildman–Crippen LogP) is 3.07. The van der Waals surface area contributed by atoms with Gasteiger partial charge in [-0.3, -0.25) is 4.79 Å². The third-order valence-electron chi connectivity index (χ3n) is 4.37. The van der Waals surface area contributed by atoms with Gasteiger partial charge in [0.1, 0.15) is 0 Å². The molecule has 0 radical (unpaired) electrons. The van der Waals surface area contributed by atoms with Gasteiger partial charge in [0.15, 0.2) is 0 Å². The van der Waals surface area contributed by atoms with Crippen LogP contribution in [0.5, 0.6) is 0 Å². The van der Waals surface area contributed by atoms with Crippen LogP contribution < -0.4 is 5.32 Å². The minimum absolute atomic E-state index is 0.0522. The summed E-state index contributed by atoms with van der Waals surface area (Å²) in [5.74, 6) is -0.136. The molecule has 2 heterocycles. The summed E-state index contributed by atoms with van der Waals surface area (Å²) in [5, 5.41) is 23.3. The minimum Gasteiger partial charge on any atom is -0.393 e. The Kier molecular flexibility index (Phi) is 4.73. The Morgan fingerprint density at radius 3 is 2.92 bits per heavy atom. The molecule has 1 amide bonds. The highest BCUT2D eigenvalue weighted by atomic mass is 35.5. The summed E-state index contributed by atoms with van der Waals surface area (Å²) in [5.41, 5.74) is 3.14.